The highest BCUT2D eigenvalue weighted by Gasteiger charge is 2.16. The molecule has 11 rings (SSSR count). The molecule has 65 heavy (non-hydrogen) atoms. The molecule has 0 bridgehead atoms. The largest absolute Gasteiger partial charge is 0.311 e. The van der Waals surface area contributed by atoms with Gasteiger partial charge in [0, 0.05) is 17.1 Å². The molecule has 11 aromatic rings. The molecule has 0 N–H and O–H groups in total. The summed E-state index contributed by atoms with van der Waals surface area (Å²) in [5.41, 5.74) is 10.2. The van der Waals surface area contributed by atoms with Gasteiger partial charge in [-0.1, -0.05) is 206 Å². The fraction of sp³-hybridized carbons (Fsp3) is 0. The van der Waals surface area contributed by atoms with E-state index in [1.54, 1.807) is 18.2 Å². The number of fused-ring (bicyclic) bond motifs is 1. The van der Waals surface area contributed by atoms with Crippen molar-refractivity contribution in [3.8, 4) is 77.9 Å². The third-order valence-electron chi connectivity index (χ3n) is 11.8. The summed E-state index contributed by atoms with van der Waals surface area (Å²) in [6, 6.07) is 69.6. The minimum absolute atomic E-state index is 0.0864. The van der Waals surface area contributed by atoms with Crippen molar-refractivity contribution >= 4 is 27.8 Å². The zero-order valence-electron chi connectivity index (χ0n) is 43.3. The molecule has 0 aromatic heterocycles. The van der Waals surface area contributed by atoms with Gasteiger partial charge in [0.15, 0.2) is 0 Å². The van der Waals surface area contributed by atoms with Crippen molar-refractivity contribution in [2.24, 2.45) is 0 Å². The second-order valence-corrected chi connectivity index (χ2v) is 15.9. The first-order valence-corrected chi connectivity index (χ1v) is 21.7. The van der Waals surface area contributed by atoms with Gasteiger partial charge >= 0.3 is 0 Å². The Labute approximate surface area is 393 Å². The highest BCUT2D eigenvalue weighted by molar-refractivity contribution is 5.97. The zero-order valence-corrected chi connectivity index (χ0v) is 35.3. The van der Waals surface area contributed by atoms with Crippen LogP contribution in [0.2, 0.25) is 0 Å². The molecule has 0 aliphatic carbocycles. The Morgan fingerprint density at radius 1 is 0.231 bits per heavy atom. The first-order valence-electron chi connectivity index (χ1n) is 25.7. The molecule has 0 fully saturated rings. The van der Waals surface area contributed by atoms with Gasteiger partial charge in [0.25, 0.3) is 0 Å². The summed E-state index contributed by atoms with van der Waals surface area (Å²) in [6.45, 7) is 0. The van der Waals surface area contributed by atoms with Crippen molar-refractivity contribution < 1.29 is 11.0 Å². The third kappa shape index (κ3) is 8.27. The molecule has 0 atom stereocenters. The number of nitrogens with zero attached hydrogens (tertiary/aromatic N) is 1. The number of anilines is 3. The van der Waals surface area contributed by atoms with Gasteiger partial charge in [-0.2, -0.15) is 0 Å². The predicted octanol–water partition coefficient (Wildman–Crippen LogP) is 18.0. The van der Waals surface area contributed by atoms with E-state index in [1.807, 2.05) is 188 Å². The average Bonchev–Trinajstić information content (AvgIpc) is 3.44. The molecule has 0 radical (unpaired) electrons. The topological polar surface area (TPSA) is 3.24 Å². The van der Waals surface area contributed by atoms with Crippen LogP contribution in [0, 0.1) is 0 Å². The molecule has 0 aliphatic rings. The van der Waals surface area contributed by atoms with Crippen molar-refractivity contribution in [2.75, 3.05) is 4.90 Å². The summed E-state index contributed by atoms with van der Waals surface area (Å²) in [5.74, 6) is 0. The number of hydrogen-bond donors (Lipinski definition) is 0. The Kier molecular flexibility index (Phi) is 8.53. The van der Waals surface area contributed by atoms with E-state index in [2.05, 4.69) is 18.2 Å². The van der Waals surface area contributed by atoms with E-state index in [9.17, 15) is 11.0 Å². The van der Waals surface area contributed by atoms with Crippen LogP contribution in [0.25, 0.3) is 88.7 Å². The highest BCUT2D eigenvalue weighted by atomic mass is 15.1. The minimum Gasteiger partial charge on any atom is -0.311 e. The van der Waals surface area contributed by atoms with Crippen molar-refractivity contribution in [3.05, 3.63) is 273 Å². The molecular weight excluding hydrogens is 783 g/mol. The van der Waals surface area contributed by atoms with Gasteiger partial charge in [0.2, 0.25) is 0 Å². The Morgan fingerprint density at radius 3 is 1.14 bits per heavy atom. The average molecular weight is 836 g/mol. The van der Waals surface area contributed by atoms with Crippen molar-refractivity contribution in [2.45, 2.75) is 0 Å². The van der Waals surface area contributed by atoms with Gasteiger partial charge in [0.05, 0.1) is 11.0 Å². The Hall–Kier alpha value is -8.52. The number of hydrogen-bond acceptors (Lipinski definition) is 1. The van der Waals surface area contributed by atoms with E-state index in [4.69, 9.17) is 0 Å². The van der Waals surface area contributed by atoms with Crippen molar-refractivity contribution in [1.82, 2.24) is 0 Å². The van der Waals surface area contributed by atoms with Gasteiger partial charge < -0.3 is 4.90 Å². The smallest absolute Gasteiger partial charge is 0.0645 e. The maximum atomic E-state index is 9.81. The quantitative estimate of drug-likeness (QED) is 0.133. The fourth-order valence-electron chi connectivity index (χ4n) is 8.49. The van der Waals surface area contributed by atoms with E-state index in [-0.39, 0.29) is 46.7 Å². The summed E-state index contributed by atoms with van der Waals surface area (Å²) < 4.78 is 77.8. The Morgan fingerprint density at radius 2 is 0.585 bits per heavy atom. The SMILES string of the molecule is [2H]c1c([2H])c(N(c2ccc(-c3cccc(-c4ccccc4)c3)cc2)c2c([2H])c([2H])c(-c3cccc(-c4cccc5ccccc45)c3)c([2H])c2[2H])c([2H])c([2H])c1-c1cc(-c2ccccc2)cc(-c2ccccc2)c1. The second kappa shape index (κ2) is 17.7. The predicted molar refractivity (Wildman–Crippen MR) is 277 cm³/mol. The van der Waals surface area contributed by atoms with Crippen LogP contribution in [0.5, 0.6) is 0 Å². The Balaban J connectivity index is 1.09. The van der Waals surface area contributed by atoms with E-state index in [1.165, 1.54) is 4.90 Å². The molecule has 11 aromatic carbocycles. The van der Waals surface area contributed by atoms with Crippen LogP contribution in [-0.2, 0) is 0 Å². The standard InChI is InChI=1S/C64H45N/c1-4-15-46(16-5-1)53-23-12-24-54(41-53)49-29-35-60(36-30-49)65(61-37-31-50(32-38-61)55-25-13-26-56(42-55)64-28-14-22-52-21-10-11-27-63(52)64)62-39-33-51(34-40-62)59-44-57(47-17-6-2-7-18-47)43-58(45-59)48-19-8-3-9-20-48/h1-45H/i31D,32D,33D,34D,37D,38D,39D,40D. The van der Waals surface area contributed by atoms with Gasteiger partial charge in [0.1, 0.15) is 0 Å². The summed E-state index contributed by atoms with van der Waals surface area (Å²) in [5, 5.41) is 2.10. The molecule has 0 spiro atoms. The molecule has 0 aliphatic heterocycles. The van der Waals surface area contributed by atoms with E-state index in [0.29, 0.717) is 16.8 Å². The Bertz CT molecular complexity index is 3760. The summed E-state index contributed by atoms with van der Waals surface area (Å²) >= 11 is 0. The second-order valence-electron chi connectivity index (χ2n) is 15.9. The lowest BCUT2D eigenvalue weighted by Gasteiger charge is -2.26. The summed E-state index contributed by atoms with van der Waals surface area (Å²) in [4.78, 5) is 1.36. The summed E-state index contributed by atoms with van der Waals surface area (Å²) in [6.07, 6.45) is 0. The van der Waals surface area contributed by atoms with Crippen molar-refractivity contribution in [1.29, 1.82) is 0 Å². The zero-order chi connectivity index (χ0) is 50.3. The number of rotatable bonds is 10. The molecule has 1 heteroatoms. The van der Waals surface area contributed by atoms with Gasteiger partial charge in [-0.3, -0.25) is 0 Å². The molecule has 306 valence electrons. The summed E-state index contributed by atoms with van der Waals surface area (Å²) in [7, 11) is 0. The molecule has 0 amide bonds. The van der Waals surface area contributed by atoms with Crippen LogP contribution in [0.4, 0.5) is 17.1 Å². The lowest BCUT2D eigenvalue weighted by atomic mass is 9.93. The maximum Gasteiger partial charge on any atom is 0.0645 e. The molecule has 0 unspecified atom stereocenters. The van der Waals surface area contributed by atoms with E-state index in [0.717, 1.165) is 66.4 Å². The lowest BCUT2D eigenvalue weighted by molar-refractivity contribution is 1.28. The molecule has 0 saturated carbocycles. The first kappa shape index (κ1) is 31.3. The van der Waals surface area contributed by atoms with Crippen LogP contribution in [-0.4, -0.2) is 0 Å². The first-order chi connectivity index (χ1) is 35.5. The number of benzene rings is 11. The van der Waals surface area contributed by atoms with Crippen LogP contribution >= 0.6 is 0 Å². The van der Waals surface area contributed by atoms with Gasteiger partial charge in [-0.25, -0.2) is 0 Å². The molecule has 1 nitrogen and oxygen atoms in total. The van der Waals surface area contributed by atoms with Gasteiger partial charge in [-0.05, 0) is 155 Å². The van der Waals surface area contributed by atoms with Gasteiger partial charge in [-0.15, -0.1) is 0 Å². The molecule has 0 heterocycles. The van der Waals surface area contributed by atoms with Crippen molar-refractivity contribution in [3.63, 3.8) is 0 Å². The third-order valence-corrected chi connectivity index (χ3v) is 11.8. The normalized spacial score (nSPS) is 12.8. The molecule has 0 saturated heterocycles. The monoisotopic (exact) mass is 835 g/mol. The van der Waals surface area contributed by atoms with Crippen LogP contribution in [0.1, 0.15) is 11.0 Å². The minimum atomic E-state index is -0.411. The fourth-order valence-corrected chi connectivity index (χ4v) is 8.49. The van der Waals surface area contributed by atoms with E-state index < -0.39 is 24.2 Å². The van der Waals surface area contributed by atoms with Crippen LogP contribution in [0.3, 0.4) is 0 Å². The highest BCUT2D eigenvalue weighted by Crippen LogP contribution is 2.40. The lowest BCUT2D eigenvalue weighted by Crippen LogP contribution is -2.09. The van der Waals surface area contributed by atoms with Crippen LogP contribution in [0.15, 0.2) is 273 Å². The van der Waals surface area contributed by atoms with Crippen LogP contribution < -0.4 is 4.90 Å². The maximum absolute atomic E-state index is 9.81. The van der Waals surface area contributed by atoms with E-state index >= 15 is 0 Å². The molecular formula is C64H45N.